The van der Waals surface area contributed by atoms with Gasteiger partial charge in [0.05, 0.1) is 0 Å². The lowest BCUT2D eigenvalue weighted by Gasteiger charge is -2.42. The molecule has 1 saturated heterocycles. The van der Waals surface area contributed by atoms with E-state index in [1.165, 1.54) is 32.4 Å². The summed E-state index contributed by atoms with van der Waals surface area (Å²) in [5.41, 5.74) is 0.432. The summed E-state index contributed by atoms with van der Waals surface area (Å²) in [7, 11) is 0. The standard InChI is InChI=1S/C15H32N2/c1-6-15(5,11-16-7-2)12-17-10-13(3)8-9-14(17)4/h13-14,16H,6-12H2,1-5H3. The summed E-state index contributed by atoms with van der Waals surface area (Å²) in [4.78, 5) is 2.72. The minimum absolute atomic E-state index is 0.432. The molecule has 1 fully saturated rings. The van der Waals surface area contributed by atoms with Gasteiger partial charge in [-0.3, -0.25) is 4.90 Å². The molecule has 3 atom stereocenters. The summed E-state index contributed by atoms with van der Waals surface area (Å²) >= 11 is 0. The van der Waals surface area contributed by atoms with E-state index in [0.29, 0.717) is 5.41 Å². The Bertz CT molecular complexity index is 217. The molecule has 0 amide bonds. The molecule has 1 N–H and O–H groups in total. The largest absolute Gasteiger partial charge is 0.316 e. The van der Waals surface area contributed by atoms with Crippen molar-refractivity contribution in [2.75, 3.05) is 26.2 Å². The summed E-state index contributed by atoms with van der Waals surface area (Å²) in [6.45, 7) is 16.5. The molecule has 1 heterocycles. The average Bonchev–Trinajstić information content (AvgIpc) is 2.31. The first kappa shape index (κ1) is 15.0. The summed E-state index contributed by atoms with van der Waals surface area (Å²) in [5.74, 6) is 0.881. The Morgan fingerprint density at radius 2 is 1.94 bits per heavy atom. The maximum absolute atomic E-state index is 3.53. The van der Waals surface area contributed by atoms with Crippen LogP contribution < -0.4 is 5.32 Å². The predicted molar refractivity (Wildman–Crippen MR) is 76.4 cm³/mol. The van der Waals surface area contributed by atoms with Crippen molar-refractivity contribution in [2.24, 2.45) is 11.3 Å². The SMILES string of the molecule is CCNCC(C)(CC)CN1CC(C)CCC1C. The monoisotopic (exact) mass is 240 g/mol. The van der Waals surface area contributed by atoms with E-state index in [4.69, 9.17) is 0 Å². The van der Waals surface area contributed by atoms with Gasteiger partial charge in [-0.1, -0.05) is 27.7 Å². The van der Waals surface area contributed by atoms with E-state index in [-0.39, 0.29) is 0 Å². The van der Waals surface area contributed by atoms with Crippen molar-refractivity contribution in [1.82, 2.24) is 10.2 Å². The van der Waals surface area contributed by atoms with Crippen molar-refractivity contribution in [2.45, 2.75) is 59.9 Å². The van der Waals surface area contributed by atoms with Crippen LogP contribution in [-0.4, -0.2) is 37.1 Å². The molecule has 102 valence electrons. The number of nitrogens with one attached hydrogen (secondary N) is 1. The summed E-state index contributed by atoms with van der Waals surface area (Å²) in [6, 6.07) is 0.777. The van der Waals surface area contributed by atoms with E-state index >= 15 is 0 Å². The van der Waals surface area contributed by atoms with Gasteiger partial charge in [-0.15, -0.1) is 0 Å². The normalized spacial score (nSPS) is 30.2. The molecule has 0 aliphatic carbocycles. The van der Waals surface area contributed by atoms with Crippen molar-refractivity contribution in [3.8, 4) is 0 Å². The van der Waals surface area contributed by atoms with Crippen molar-refractivity contribution >= 4 is 0 Å². The van der Waals surface area contributed by atoms with Gasteiger partial charge in [0.15, 0.2) is 0 Å². The Labute approximate surface area is 108 Å². The van der Waals surface area contributed by atoms with Crippen molar-refractivity contribution < 1.29 is 0 Å². The lowest BCUT2D eigenvalue weighted by atomic mass is 9.84. The highest BCUT2D eigenvalue weighted by molar-refractivity contribution is 4.85. The van der Waals surface area contributed by atoms with E-state index < -0.39 is 0 Å². The van der Waals surface area contributed by atoms with Crippen LogP contribution in [0.3, 0.4) is 0 Å². The van der Waals surface area contributed by atoms with Crippen LogP contribution in [0.2, 0.25) is 0 Å². The second kappa shape index (κ2) is 6.75. The lowest BCUT2D eigenvalue weighted by Crippen LogP contribution is -2.48. The molecule has 0 saturated carbocycles. The van der Waals surface area contributed by atoms with Gasteiger partial charge in [0.2, 0.25) is 0 Å². The maximum atomic E-state index is 3.53. The van der Waals surface area contributed by atoms with Gasteiger partial charge < -0.3 is 5.32 Å². The predicted octanol–water partition coefficient (Wildman–Crippen LogP) is 3.13. The van der Waals surface area contributed by atoms with Crippen LogP contribution in [0.25, 0.3) is 0 Å². The Balaban J connectivity index is 2.53. The van der Waals surface area contributed by atoms with Gasteiger partial charge in [0.25, 0.3) is 0 Å². The van der Waals surface area contributed by atoms with E-state index in [0.717, 1.165) is 25.0 Å². The Morgan fingerprint density at radius 3 is 2.53 bits per heavy atom. The van der Waals surface area contributed by atoms with Gasteiger partial charge in [0.1, 0.15) is 0 Å². The van der Waals surface area contributed by atoms with Crippen LogP contribution in [0, 0.1) is 11.3 Å². The summed E-state index contributed by atoms with van der Waals surface area (Å²) < 4.78 is 0. The first-order chi connectivity index (χ1) is 8.00. The number of piperidine rings is 1. The van der Waals surface area contributed by atoms with Gasteiger partial charge in [-0.2, -0.15) is 0 Å². The fourth-order valence-corrected chi connectivity index (χ4v) is 2.81. The smallest absolute Gasteiger partial charge is 0.00673 e. The molecule has 1 aliphatic heterocycles. The fourth-order valence-electron chi connectivity index (χ4n) is 2.81. The molecule has 0 spiro atoms. The first-order valence-electron chi connectivity index (χ1n) is 7.45. The van der Waals surface area contributed by atoms with E-state index in [1.807, 2.05) is 0 Å². The van der Waals surface area contributed by atoms with E-state index in [2.05, 4.69) is 44.8 Å². The second-order valence-electron chi connectivity index (χ2n) is 6.41. The van der Waals surface area contributed by atoms with Gasteiger partial charge in [-0.25, -0.2) is 0 Å². The number of hydrogen-bond acceptors (Lipinski definition) is 2. The molecule has 17 heavy (non-hydrogen) atoms. The third-order valence-corrected chi connectivity index (χ3v) is 4.49. The summed E-state index contributed by atoms with van der Waals surface area (Å²) in [5, 5.41) is 3.53. The van der Waals surface area contributed by atoms with Gasteiger partial charge >= 0.3 is 0 Å². The minimum Gasteiger partial charge on any atom is -0.316 e. The van der Waals surface area contributed by atoms with E-state index in [9.17, 15) is 0 Å². The number of rotatable bonds is 6. The van der Waals surface area contributed by atoms with Crippen LogP contribution in [0.15, 0.2) is 0 Å². The quantitative estimate of drug-likeness (QED) is 0.767. The minimum atomic E-state index is 0.432. The van der Waals surface area contributed by atoms with Crippen LogP contribution in [0.4, 0.5) is 0 Å². The highest BCUT2D eigenvalue weighted by Gasteiger charge is 2.30. The Kier molecular flexibility index (Phi) is 5.94. The highest BCUT2D eigenvalue weighted by Crippen LogP contribution is 2.28. The highest BCUT2D eigenvalue weighted by atomic mass is 15.2. The molecule has 0 radical (unpaired) electrons. The molecule has 0 aromatic heterocycles. The third-order valence-electron chi connectivity index (χ3n) is 4.49. The molecule has 1 aliphatic rings. The van der Waals surface area contributed by atoms with Gasteiger partial charge in [0, 0.05) is 25.7 Å². The first-order valence-corrected chi connectivity index (χ1v) is 7.45. The van der Waals surface area contributed by atoms with E-state index in [1.54, 1.807) is 0 Å². The molecule has 0 aromatic rings. The third kappa shape index (κ3) is 4.59. The van der Waals surface area contributed by atoms with Crippen LogP contribution >= 0.6 is 0 Å². The molecule has 0 bridgehead atoms. The number of nitrogens with zero attached hydrogens (tertiary/aromatic N) is 1. The maximum Gasteiger partial charge on any atom is 0.00673 e. The van der Waals surface area contributed by atoms with Crippen LogP contribution in [0.1, 0.15) is 53.9 Å². The lowest BCUT2D eigenvalue weighted by molar-refractivity contribution is 0.0710. The molecule has 0 aromatic carbocycles. The zero-order chi connectivity index (χ0) is 12.9. The molecule has 2 nitrogen and oxygen atoms in total. The zero-order valence-corrected chi connectivity index (χ0v) is 12.6. The fraction of sp³-hybridized carbons (Fsp3) is 1.00. The molecule has 2 heteroatoms. The Morgan fingerprint density at radius 1 is 1.24 bits per heavy atom. The number of hydrogen-bond donors (Lipinski definition) is 1. The zero-order valence-electron chi connectivity index (χ0n) is 12.6. The number of likely N-dealkylation sites (tertiary alicyclic amines) is 1. The van der Waals surface area contributed by atoms with Gasteiger partial charge in [-0.05, 0) is 44.1 Å². The molecular formula is C15H32N2. The van der Waals surface area contributed by atoms with Crippen molar-refractivity contribution in [1.29, 1.82) is 0 Å². The molecule has 1 rings (SSSR count). The summed E-state index contributed by atoms with van der Waals surface area (Å²) in [6.07, 6.45) is 4.05. The Hall–Kier alpha value is -0.0800. The van der Waals surface area contributed by atoms with Crippen LogP contribution in [0.5, 0.6) is 0 Å². The van der Waals surface area contributed by atoms with Crippen LogP contribution in [-0.2, 0) is 0 Å². The van der Waals surface area contributed by atoms with Crippen molar-refractivity contribution in [3.63, 3.8) is 0 Å². The molecular weight excluding hydrogens is 208 g/mol. The topological polar surface area (TPSA) is 15.3 Å². The van der Waals surface area contributed by atoms with Crippen molar-refractivity contribution in [3.05, 3.63) is 0 Å². The second-order valence-corrected chi connectivity index (χ2v) is 6.41. The molecule has 3 unspecified atom stereocenters. The average molecular weight is 240 g/mol.